The fourth-order valence-corrected chi connectivity index (χ4v) is 2.54. The van der Waals surface area contributed by atoms with Gasteiger partial charge < -0.3 is 14.4 Å². The number of carbonyl (C=O) groups excluding carboxylic acids is 1. The van der Waals surface area contributed by atoms with E-state index in [1.54, 1.807) is 11.8 Å². The summed E-state index contributed by atoms with van der Waals surface area (Å²) >= 11 is 0. The average Bonchev–Trinajstić information content (AvgIpc) is 2.51. The second-order valence-corrected chi connectivity index (χ2v) is 5.32. The number of halogens is 2. The van der Waals surface area contributed by atoms with Crippen LogP contribution in [0, 0.1) is 11.6 Å². The number of piperidine rings is 1. The first-order valence-corrected chi connectivity index (χ1v) is 7.53. The lowest BCUT2D eigenvalue weighted by Crippen LogP contribution is -2.46. The summed E-state index contributed by atoms with van der Waals surface area (Å²) in [5.41, 5.74) is 0. The van der Waals surface area contributed by atoms with Crippen LogP contribution < -0.4 is 4.74 Å². The zero-order valence-corrected chi connectivity index (χ0v) is 12.9. The van der Waals surface area contributed by atoms with Gasteiger partial charge in [0, 0.05) is 25.8 Å². The fraction of sp³-hybridized carbons (Fsp3) is 0.562. The van der Waals surface area contributed by atoms with Crippen molar-refractivity contribution in [3.63, 3.8) is 0 Å². The van der Waals surface area contributed by atoms with Crippen LogP contribution in [-0.2, 0) is 9.53 Å². The number of ether oxygens (including phenoxy) is 2. The van der Waals surface area contributed by atoms with Crippen molar-refractivity contribution in [2.45, 2.75) is 38.9 Å². The Balaban J connectivity index is 1.88. The molecule has 6 heteroatoms. The van der Waals surface area contributed by atoms with Crippen molar-refractivity contribution in [3.8, 4) is 5.75 Å². The van der Waals surface area contributed by atoms with Crippen LogP contribution in [0.1, 0.15) is 26.7 Å². The van der Waals surface area contributed by atoms with Gasteiger partial charge in [-0.05, 0) is 38.8 Å². The molecule has 1 aromatic rings. The van der Waals surface area contributed by atoms with Gasteiger partial charge in [0.25, 0.3) is 5.91 Å². The summed E-state index contributed by atoms with van der Waals surface area (Å²) < 4.78 is 37.0. The van der Waals surface area contributed by atoms with Gasteiger partial charge in [0.05, 0.1) is 6.10 Å². The van der Waals surface area contributed by atoms with Crippen LogP contribution in [0.4, 0.5) is 8.78 Å². The molecule has 0 N–H and O–H groups in total. The summed E-state index contributed by atoms with van der Waals surface area (Å²) in [4.78, 5) is 14.0. The van der Waals surface area contributed by atoms with E-state index in [1.165, 1.54) is 6.07 Å². The molecule has 122 valence electrons. The molecule has 0 aromatic heterocycles. The van der Waals surface area contributed by atoms with Gasteiger partial charge in [-0.1, -0.05) is 0 Å². The molecule has 1 atom stereocenters. The molecule has 1 aliphatic rings. The first-order chi connectivity index (χ1) is 10.5. The lowest BCUT2D eigenvalue weighted by Gasteiger charge is -2.33. The third-order valence-electron chi connectivity index (χ3n) is 3.71. The van der Waals surface area contributed by atoms with Crippen molar-refractivity contribution in [2.24, 2.45) is 0 Å². The molecule has 1 aliphatic heterocycles. The number of likely N-dealkylation sites (tertiary alicyclic amines) is 1. The number of rotatable bonds is 5. The Morgan fingerprint density at radius 1 is 1.32 bits per heavy atom. The minimum atomic E-state index is -0.991. The van der Waals surface area contributed by atoms with Gasteiger partial charge in [-0.15, -0.1) is 0 Å². The van der Waals surface area contributed by atoms with Crippen molar-refractivity contribution in [1.82, 2.24) is 4.90 Å². The van der Waals surface area contributed by atoms with E-state index in [9.17, 15) is 13.6 Å². The zero-order chi connectivity index (χ0) is 16.1. The van der Waals surface area contributed by atoms with Crippen LogP contribution in [0.15, 0.2) is 18.2 Å². The zero-order valence-electron chi connectivity index (χ0n) is 12.9. The second kappa shape index (κ2) is 7.54. The number of carbonyl (C=O) groups is 1. The number of hydrogen-bond acceptors (Lipinski definition) is 3. The van der Waals surface area contributed by atoms with E-state index in [2.05, 4.69) is 0 Å². The minimum absolute atomic E-state index is 0.143. The molecular formula is C16H21F2NO3. The molecule has 2 rings (SSSR count). The van der Waals surface area contributed by atoms with E-state index in [1.807, 2.05) is 6.92 Å². The molecule has 1 amide bonds. The smallest absolute Gasteiger partial charge is 0.263 e. The SMILES string of the molecule is CCOC1CCN(C(=O)C(C)Oc2ccc(F)c(F)c2)CC1. The maximum atomic E-state index is 13.1. The highest BCUT2D eigenvalue weighted by atomic mass is 19.2. The van der Waals surface area contributed by atoms with E-state index in [0.717, 1.165) is 25.0 Å². The van der Waals surface area contributed by atoms with Gasteiger partial charge in [0.1, 0.15) is 5.75 Å². The Hall–Kier alpha value is -1.69. The molecule has 0 aliphatic carbocycles. The molecule has 0 saturated carbocycles. The van der Waals surface area contributed by atoms with Crippen LogP contribution in [0.5, 0.6) is 5.75 Å². The van der Waals surface area contributed by atoms with Gasteiger partial charge in [0.2, 0.25) is 0 Å². The number of amides is 1. The lowest BCUT2D eigenvalue weighted by atomic mass is 10.1. The molecule has 1 unspecified atom stereocenters. The normalized spacial score (nSPS) is 17.4. The molecule has 0 radical (unpaired) electrons. The standard InChI is InChI=1S/C16H21F2NO3/c1-3-21-12-6-8-19(9-7-12)16(20)11(2)22-13-4-5-14(17)15(18)10-13/h4-5,10-12H,3,6-9H2,1-2H3. The number of hydrogen-bond donors (Lipinski definition) is 0. The number of benzene rings is 1. The Morgan fingerprint density at radius 3 is 2.59 bits per heavy atom. The number of nitrogens with zero attached hydrogens (tertiary/aromatic N) is 1. The largest absolute Gasteiger partial charge is 0.481 e. The van der Waals surface area contributed by atoms with Gasteiger partial charge in [-0.3, -0.25) is 4.79 Å². The Labute approximate surface area is 129 Å². The van der Waals surface area contributed by atoms with Gasteiger partial charge in [-0.2, -0.15) is 0 Å². The quantitative estimate of drug-likeness (QED) is 0.839. The van der Waals surface area contributed by atoms with Gasteiger partial charge >= 0.3 is 0 Å². The summed E-state index contributed by atoms with van der Waals surface area (Å²) in [6.45, 7) is 5.48. The van der Waals surface area contributed by atoms with E-state index < -0.39 is 17.7 Å². The molecule has 4 nitrogen and oxygen atoms in total. The van der Waals surface area contributed by atoms with Crippen molar-refractivity contribution >= 4 is 5.91 Å². The van der Waals surface area contributed by atoms with E-state index in [0.29, 0.717) is 19.7 Å². The molecule has 1 heterocycles. The van der Waals surface area contributed by atoms with Crippen molar-refractivity contribution in [3.05, 3.63) is 29.8 Å². The van der Waals surface area contributed by atoms with Crippen molar-refractivity contribution in [1.29, 1.82) is 0 Å². The summed E-state index contributed by atoms with van der Waals surface area (Å²) in [6, 6.07) is 3.24. The van der Waals surface area contributed by atoms with Crippen molar-refractivity contribution < 1.29 is 23.0 Å². The van der Waals surface area contributed by atoms with Gasteiger partial charge in [-0.25, -0.2) is 8.78 Å². The molecular weight excluding hydrogens is 292 g/mol. The second-order valence-electron chi connectivity index (χ2n) is 5.32. The molecule has 1 fully saturated rings. The van der Waals surface area contributed by atoms with Gasteiger partial charge in [0.15, 0.2) is 17.7 Å². The molecule has 0 bridgehead atoms. The van der Waals surface area contributed by atoms with Crippen LogP contribution >= 0.6 is 0 Å². The van der Waals surface area contributed by atoms with Crippen LogP contribution in [0.25, 0.3) is 0 Å². The first-order valence-electron chi connectivity index (χ1n) is 7.53. The highest BCUT2D eigenvalue weighted by Crippen LogP contribution is 2.19. The molecule has 0 spiro atoms. The summed E-state index contributed by atoms with van der Waals surface area (Å²) in [5, 5.41) is 0. The third-order valence-corrected chi connectivity index (χ3v) is 3.71. The Kier molecular flexibility index (Phi) is 5.71. The highest BCUT2D eigenvalue weighted by Gasteiger charge is 2.27. The maximum absolute atomic E-state index is 13.1. The monoisotopic (exact) mass is 313 g/mol. The topological polar surface area (TPSA) is 38.8 Å². The summed E-state index contributed by atoms with van der Waals surface area (Å²) in [6.07, 6.45) is 1.07. The lowest BCUT2D eigenvalue weighted by molar-refractivity contribution is -0.140. The fourth-order valence-electron chi connectivity index (χ4n) is 2.54. The summed E-state index contributed by atoms with van der Waals surface area (Å²) in [7, 11) is 0. The Morgan fingerprint density at radius 2 is 2.00 bits per heavy atom. The minimum Gasteiger partial charge on any atom is -0.481 e. The highest BCUT2D eigenvalue weighted by molar-refractivity contribution is 5.81. The molecule has 1 aromatic carbocycles. The molecule has 1 saturated heterocycles. The first kappa shape index (κ1) is 16.7. The molecule has 22 heavy (non-hydrogen) atoms. The maximum Gasteiger partial charge on any atom is 0.263 e. The third kappa shape index (κ3) is 4.16. The van der Waals surface area contributed by atoms with Crippen molar-refractivity contribution in [2.75, 3.05) is 19.7 Å². The van der Waals surface area contributed by atoms with Crippen LogP contribution in [-0.4, -0.2) is 42.7 Å². The van der Waals surface area contributed by atoms with Crippen LogP contribution in [0.2, 0.25) is 0 Å². The predicted molar refractivity (Wildman–Crippen MR) is 77.7 cm³/mol. The van der Waals surface area contributed by atoms with E-state index >= 15 is 0 Å². The average molecular weight is 313 g/mol. The van der Waals surface area contributed by atoms with E-state index in [4.69, 9.17) is 9.47 Å². The predicted octanol–water partition coefficient (Wildman–Crippen LogP) is 2.76. The van der Waals surface area contributed by atoms with Crippen LogP contribution in [0.3, 0.4) is 0 Å². The van der Waals surface area contributed by atoms with E-state index in [-0.39, 0.29) is 17.8 Å². The Bertz CT molecular complexity index is 516. The summed E-state index contributed by atoms with van der Waals surface area (Å²) in [5.74, 6) is -1.94.